The second-order valence-electron chi connectivity index (χ2n) is 10.1. The lowest BCUT2D eigenvalue weighted by Crippen LogP contribution is -2.71. The number of hydrogen-bond acceptors (Lipinski definition) is 4. The Morgan fingerprint density at radius 2 is 1.44 bits per heavy atom. The summed E-state index contributed by atoms with van der Waals surface area (Å²) < 4.78 is 5.54. The van der Waals surface area contributed by atoms with E-state index in [9.17, 15) is 19.5 Å². The average molecular weight is 524 g/mol. The number of fused-ring (bicyclic) bond motifs is 4. The number of amides is 3. The Kier molecular flexibility index (Phi) is 6.52. The Morgan fingerprint density at radius 3 is 2.08 bits per heavy atom. The van der Waals surface area contributed by atoms with Gasteiger partial charge in [-0.25, -0.2) is 14.4 Å². The fourth-order valence-electron chi connectivity index (χ4n) is 6.03. The van der Waals surface area contributed by atoms with Crippen molar-refractivity contribution in [3.8, 4) is 0 Å². The molecule has 2 bridgehead atoms. The maximum absolute atomic E-state index is 14.5. The molecule has 3 aromatic carbocycles. The SMILES string of the molecule is O=C(O)[C@@H]1[C@H]2CCC[C@@H](CN1C(=O)OCc1ccccc1)N2C(=O)N1c2ccccc2C=Cc2ccccc21. The van der Waals surface area contributed by atoms with E-state index in [4.69, 9.17) is 4.74 Å². The van der Waals surface area contributed by atoms with Crippen molar-refractivity contribution < 1.29 is 24.2 Å². The van der Waals surface area contributed by atoms with Gasteiger partial charge in [0.2, 0.25) is 0 Å². The monoisotopic (exact) mass is 523 g/mol. The first-order valence-corrected chi connectivity index (χ1v) is 13.2. The van der Waals surface area contributed by atoms with Crippen molar-refractivity contribution in [3.63, 3.8) is 0 Å². The van der Waals surface area contributed by atoms with Gasteiger partial charge in [-0.05, 0) is 48.1 Å². The number of rotatable bonds is 3. The number of urea groups is 1. The van der Waals surface area contributed by atoms with Crippen molar-refractivity contribution in [2.75, 3.05) is 11.4 Å². The highest BCUT2D eigenvalue weighted by atomic mass is 16.6. The van der Waals surface area contributed by atoms with Crippen molar-refractivity contribution in [2.45, 2.75) is 44.0 Å². The van der Waals surface area contributed by atoms with E-state index >= 15 is 0 Å². The molecule has 198 valence electrons. The Bertz CT molecular complexity index is 1390. The third-order valence-corrected chi connectivity index (χ3v) is 7.80. The van der Waals surface area contributed by atoms with Crippen LogP contribution in [0.3, 0.4) is 0 Å². The molecule has 1 N–H and O–H groups in total. The predicted octanol–water partition coefficient (Wildman–Crippen LogP) is 5.76. The number of piperidine rings is 1. The average Bonchev–Trinajstić information content (AvgIpc) is 3.12. The van der Waals surface area contributed by atoms with Crippen LogP contribution in [0.25, 0.3) is 12.2 Å². The van der Waals surface area contributed by atoms with Crippen LogP contribution in [0.1, 0.15) is 36.0 Å². The van der Waals surface area contributed by atoms with Gasteiger partial charge >= 0.3 is 18.1 Å². The summed E-state index contributed by atoms with van der Waals surface area (Å²) in [7, 11) is 0. The summed E-state index contributed by atoms with van der Waals surface area (Å²) in [5.74, 6) is -1.15. The number of aliphatic carboxylic acids is 1. The number of anilines is 2. The van der Waals surface area contributed by atoms with Crippen molar-refractivity contribution >= 4 is 41.6 Å². The third-order valence-electron chi connectivity index (χ3n) is 7.80. The smallest absolute Gasteiger partial charge is 0.410 e. The van der Waals surface area contributed by atoms with Crippen molar-refractivity contribution in [1.82, 2.24) is 9.80 Å². The lowest BCUT2D eigenvalue weighted by atomic mass is 9.86. The molecule has 2 saturated heterocycles. The molecular formula is C31H29N3O5. The van der Waals surface area contributed by atoms with E-state index in [0.717, 1.165) is 34.5 Å². The van der Waals surface area contributed by atoms with E-state index in [1.807, 2.05) is 91.0 Å². The highest BCUT2D eigenvalue weighted by molar-refractivity contribution is 6.06. The number of para-hydroxylation sites is 2. The van der Waals surface area contributed by atoms with Crippen LogP contribution in [-0.4, -0.2) is 57.7 Å². The predicted molar refractivity (Wildman–Crippen MR) is 147 cm³/mol. The van der Waals surface area contributed by atoms with Crippen molar-refractivity contribution in [1.29, 1.82) is 0 Å². The molecule has 0 spiro atoms. The Balaban J connectivity index is 1.33. The molecular weight excluding hydrogens is 494 g/mol. The molecule has 3 aliphatic heterocycles. The van der Waals surface area contributed by atoms with Gasteiger partial charge in [0.15, 0.2) is 6.04 Å². The number of nitrogens with zero attached hydrogens (tertiary/aromatic N) is 3. The van der Waals surface area contributed by atoms with Gasteiger partial charge in [-0.15, -0.1) is 0 Å². The maximum Gasteiger partial charge on any atom is 0.410 e. The highest BCUT2D eigenvalue weighted by Gasteiger charge is 2.52. The van der Waals surface area contributed by atoms with Gasteiger partial charge in [-0.3, -0.25) is 9.80 Å². The van der Waals surface area contributed by atoms with Crippen LogP contribution in [0.4, 0.5) is 21.0 Å². The van der Waals surface area contributed by atoms with Gasteiger partial charge in [0.05, 0.1) is 23.5 Å². The van der Waals surface area contributed by atoms with Gasteiger partial charge in [0.1, 0.15) is 6.61 Å². The van der Waals surface area contributed by atoms with E-state index in [1.165, 1.54) is 4.90 Å². The standard InChI is InChI=1S/C31H29N3O5/c35-29(36)28-27-16-8-13-24(19-32(28)31(38)39-20-21-9-2-1-3-10-21)33(27)30(37)34-25-14-6-4-11-22(25)17-18-23-12-5-7-15-26(23)34/h1-7,9-12,14-15,17-18,24,27-28H,8,13,16,19-20H2,(H,35,36)/t24-,27+,28-/m0/s1. The molecule has 0 saturated carbocycles. The molecule has 2 fully saturated rings. The van der Waals surface area contributed by atoms with Crippen LogP contribution in [0.15, 0.2) is 78.9 Å². The number of carbonyl (C=O) groups excluding carboxylic acids is 2. The Morgan fingerprint density at radius 1 is 0.821 bits per heavy atom. The van der Waals surface area contributed by atoms with Gasteiger partial charge in [-0.1, -0.05) is 78.9 Å². The fourth-order valence-corrected chi connectivity index (χ4v) is 6.03. The molecule has 0 aromatic heterocycles. The summed E-state index contributed by atoms with van der Waals surface area (Å²) in [5.41, 5.74) is 4.07. The van der Waals surface area contributed by atoms with Crippen LogP contribution < -0.4 is 4.90 Å². The minimum absolute atomic E-state index is 0.0504. The second-order valence-corrected chi connectivity index (χ2v) is 10.1. The number of carboxylic acids is 1. The molecule has 3 aromatic rings. The molecule has 3 amide bonds. The fraction of sp³-hybridized carbons (Fsp3) is 0.258. The molecule has 0 unspecified atom stereocenters. The molecule has 3 aliphatic rings. The number of carboxylic acid groups (broad SMARTS) is 1. The van der Waals surface area contributed by atoms with E-state index in [2.05, 4.69) is 0 Å². The molecule has 39 heavy (non-hydrogen) atoms. The van der Waals surface area contributed by atoms with Crippen LogP contribution >= 0.6 is 0 Å². The van der Waals surface area contributed by atoms with E-state index in [-0.39, 0.29) is 25.2 Å². The molecule has 8 nitrogen and oxygen atoms in total. The number of ether oxygens (including phenoxy) is 1. The zero-order chi connectivity index (χ0) is 26.9. The maximum atomic E-state index is 14.5. The molecule has 0 aliphatic carbocycles. The molecule has 3 heterocycles. The highest BCUT2D eigenvalue weighted by Crippen LogP contribution is 2.40. The van der Waals surface area contributed by atoms with Gasteiger partial charge in [-0.2, -0.15) is 0 Å². The lowest BCUT2D eigenvalue weighted by molar-refractivity contribution is -0.149. The summed E-state index contributed by atoms with van der Waals surface area (Å²) in [6.07, 6.45) is 5.24. The minimum Gasteiger partial charge on any atom is -0.480 e. The zero-order valence-corrected chi connectivity index (χ0v) is 21.3. The van der Waals surface area contributed by atoms with Crippen LogP contribution in [0, 0.1) is 0 Å². The summed E-state index contributed by atoms with van der Waals surface area (Å²) in [5, 5.41) is 10.3. The number of carbonyl (C=O) groups is 3. The van der Waals surface area contributed by atoms with E-state index in [1.54, 1.807) is 9.80 Å². The molecule has 3 atom stereocenters. The quantitative estimate of drug-likeness (QED) is 0.472. The first-order valence-electron chi connectivity index (χ1n) is 13.2. The second kappa shape index (κ2) is 10.3. The topological polar surface area (TPSA) is 90.4 Å². The first-order chi connectivity index (χ1) is 19.0. The third kappa shape index (κ3) is 4.52. The summed E-state index contributed by atoms with van der Waals surface area (Å²) in [6, 6.07) is 22.1. The Labute approximate surface area is 226 Å². The molecule has 0 radical (unpaired) electrons. The number of benzene rings is 3. The zero-order valence-electron chi connectivity index (χ0n) is 21.3. The lowest BCUT2D eigenvalue weighted by Gasteiger charge is -2.53. The van der Waals surface area contributed by atoms with Crippen LogP contribution in [-0.2, 0) is 16.1 Å². The van der Waals surface area contributed by atoms with E-state index < -0.39 is 24.1 Å². The van der Waals surface area contributed by atoms with E-state index in [0.29, 0.717) is 12.8 Å². The number of piperazine rings is 1. The van der Waals surface area contributed by atoms with Crippen LogP contribution in [0.2, 0.25) is 0 Å². The summed E-state index contributed by atoms with van der Waals surface area (Å²) >= 11 is 0. The minimum atomic E-state index is -1.20. The molecule has 8 heteroatoms. The largest absolute Gasteiger partial charge is 0.480 e. The number of hydrogen-bond donors (Lipinski definition) is 1. The van der Waals surface area contributed by atoms with Crippen molar-refractivity contribution in [2.24, 2.45) is 0 Å². The Hall–Kier alpha value is -4.59. The first kappa shape index (κ1) is 24.7. The molecule has 6 rings (SSSR count). The van der Waals surface area contributed by atoms with Gasteiger partial charge in [0.25, 0.3) is 0 Å². The summed E-state index contributed by atoms with van der Waals surface area (Å²) in [4.78, 5) is 45.0. The summed E-state index contributed by atoms with van der Waals surface area (Å²) in [6.45, 7) is 0.150. The normalized spacial score (nSPS) is 21.4. The number of likely N-dealkylation sites (tertiary alicyclic amines) is 1. The van der Waals surface area contributed by atoms with Gasteiger partial charge < -0.3 is 14.7 Å². The van der Waals surface area contributed by atoms with Crippen LogP contribution in [0.5, 0.6) is 0 Å². The van der Waals surface area contributed by atoms with Gasteiger partial charge in [0, 0.05) is 6.54 Å². The van der Waals surface area contributed by atoms with Crippen molar-refractivity contribution in [3.05, 3.63) is 95.6 Å².